The van der Waals surface area contributed by atoms with Crippen LogP contribution in [0, 0.1) is 13.8 Å². The topological polar surface area (TPSA) is 71.2 Å². The van der Waals surface area contributed by atoms with Gasteiger partial charge in [-0.3, -0.25) is 9.59 Å². The summed E-state index contributed by atoms with van der Waals surface area (Å²) in [5, 5.41) is 2.52. The van der Waals surface area contributed by atoms with Crippen LogP contribution in [0.4, 0.5) is 5.69 Å². The van der Waals surface area contributed by atoms with Gasteiger partial charge in [-0.05, 0) is 47.0 Å². The van der Waals surface area contributed by atoms with Crippen molar-refractivity contribution >= 4 is 27.5 Å². The molecule has 0 spiro atoms. The number of ether oxygens (including phenoxy) is 1. The largest absolute Gasteiger partial charge is 0.483 e. The van der Waals surface area contributed by atoms with Gasteiger partial charge in [0.15, 0.2) is 6.61 Å². The van der Waals surface area contributed by atoms with Gasteiger partial charge in [-0.2, -0.15) is 0 Å². The molecule has 0 unspecified atom stereocenters. The summed E-state index contributed by atoms with van der Waals surface area (Å²) in [7, 11) is 0. The molecule has 1 aromatic heterocycles. The Hall–Kier alpha value is -2.08. The molecule has 0 aliphatic heterocycles. The van der Waals surface area contributed by atoms with E-state index >= 15 is 0 Å². The Bertz CT molecular complexity index is 705. The van der Waals surface area contributed by atoms with Crippen LogP contribution in [-0.2, 0) is 4.79 Å². The minimum absolute atomic E-state index is 0.155. The number of rotatable bonds is 4. The van der Waals surface area contributed by atoms with Crippen molar-refractivity contribution in [3.63, 3.8) is 0 Å². The number of para-hydroxylation sites is 1. The van der Waals surface area contributed by atoms with Gasteiger partial charge in [0.1, 0.15) is 11.4 Å². The fourth-order valence-electron chi connectivity index (χ4n) is 1.90. The highest BCUT2D eigenvalue weighted by molar-refractivity contribution is 9.10. The van der Waals surface area contributed by atoms with Gasteiger partial charge in [0.25, 0.3) is 11.5 Å². The number of aromatic amines is 1. The van der Waals surface area contributed by atoms with Crippen molar-refractivity contribution in [2.75, 3.05) is 11.9 Å². The van der Waals surface area contributed by atoms with Crippen molar-refractivity contribution in [2.24, 2.45) is 0 Å². The summed E-state index contributed by atoms with van der Waals surface area (Å²) >= 11 is 3.23. The predicted octanol–water partition coefficient (Wildman–Crippen LogP) is 2.77. The standard InChI is InChI=1S/C15H15BrN2O3/c1-9-4-3-5-10(2)14(9)21-8-13(19)18-12-6-11(16)7-17-15(12)20/h3-7H,8H2,1-2H3,(H,17,20)(H,18,19). The van der Waals surface area contributed by atoms with E-state index in [2.05, 4.69) is 26.2 Å². The molecular formula is C15H15BrN2O3. The fourth-order valence-corrected chi connectivity index (χ4v) is 2.24. The highest BCUT2D eigenvalue weighted by Crippen LogP contribution is 2.22. The van der Waals surface area contributed by atoms with E-state index in [-0.39, 0.29) is 23.8 Å². The average molecular weight is 351 g/mol. The lowest BCUT2D eigenvalue weighted by Crippen LogP contribution is -2.24. The lowest BCUT2D eigenvalue weighted by atomic mass is 10.1. The maximum Gasteiger partial charge on any atom is 0.271 e. The molecule has 21 heavy (non-hydrogen) atoms. The molecule has 0 aliphatic rings. The Morgan fingerprint density at radius 2 is 2.00 bits per heavy atom. The van der Waals surface area contributed by atoms with E-state index in [0.717, 1.165) is 11.1 Å². The van der Waals surface area contributed by atoms with E-state index < -0.39 is 0 Å². The first-order chi connectivity index (χ1) is 9.97. The summed E-state index contributed by atoms with van der Waals surface area (Å²) in [6.45, 7) is 3.68. The number of carbonyl (C=O) groups is 1. The van der Waals surface area contributed by atoms with E-state index in [0.29, 0.717) is 10.2 Å². The number of nitrogens with one attached hydrogen (secondary N) is 2. The first-order valence-electron chi connectivity index (χ1n) is 6.34. The molecule has 5 nitrogen and oxygen atoms in total. The average Bonchev–Trinajstić information content (AvgIpc) is 2.42. The van der Waals surface area contributed by atoms with Gasteiger partial charge in [0.05, 0.1) is 0 Å². The number of aryl methyl sites for hydroxylation is 2. The van der Waals surface area contributed by atoms with E-state index in [1.165, 1.54) is 12.3 Å². The van der Waals surface area contributed by atoms with Gasteiger partial charge in [-0.15, -0.1) is 0 Å². The Morgan fingerprint density at radius 3 is 2.67 bits per heavy atom. The summed E-state index contributed by atoms with van der Waals surface area (Å²) in [4.78, 5) is 25.9. The number of H-pyrrole nitrogens is 1. The lowest BCUT2D eigenvalue weighted by molar-refractivity contribution is -0.118. The molecule has 2 rings (SSSR count). The number of carbonyl (C=O) groups excluding carboxylic acids is 1. The van der Waals surface area contributed by atoms with Crippen molar-refractivity contribution in [1.29, 1.82) is 0 Å². The van der Waals surface area contributed by atoms with Crippen molar-refractivity contribution in [3.05, 3.63) is 56.4 Å². The zero-order valence-corrected chi connectivity index (χ0v) is 13.3. The molecule has 1 heterocycles. The second kappa shape index (κ2) is 6.58. The molecule has 6 heteroatoms. The van der Waals surface area contributed by atoms with Gasteiger partial charge in [-0.1, -0.05) is 18.2 Å². The third-order valence-corrected chi connectivity index (χ3v) is 3.36. The molecule has 0 saturated carbocycles. The third-order valence-electron chi connectivity index (χ3n) is 2.90. The van der Waals surface area contributed by atoms with Crippen molar-refractivity contribution in [3.8, 4) is 5.75 Å². The molecule has 0 fully saturated rings. The number of halogens is 1. The quantitative estimate of drug-likeness (QED) is 0.890. The van der Waals surface area contributed by atoms with Crippen molar-refractivity contribution in [2.45, 2.75) is 13.8 Å². The minimum atomic E-state index is -0.388. The smallest absolute Gasteiger partial charge is 0.271 e. The molecular weight excluding hydrogens is 336 g/mol. The number of hydrogen-bond donors (Lipinski definition) is 2. The fraction of sp³-hybridized carbons (Fsp3) is 0.200. The second-order valence-electron chi connectivity index (χ2n) is 4.62. The minimum Gasteiger partial charge on any atom is -0.483 e. The molecule has 0 bridgehead atoms. The summed E-state index contributed by atoms with van der Waals surface area (Å²) in [6.07, 6.45) is 1.51. The van der Waals surface area contributed by atoms with Crippen LogP contribution in [0.3, 0.4) is 0 Å². The number of anilines is 1. The van der Waals surface area contributed by atoms with Crippen LogP contribution in [0.15, 0.2) is 39.7 Å². The first kappa shape index (κ1) is 15.3. The van der Waals surface area contributed by atoms with Crippen LogP contribution in [0.25, 0.3) is 0 Å². The maximum atomic E-state index is 11.9. The summed E-state index contributed by atoms with van der Waals surface area (Å²) in [5.41, 5.74) is 1.74. The van der Waals surface area contributed by atoms with E-state index in [1.54, 1.807) is 0 Å². The second-order valence-corrected chi connectivity index (χ2v) is 5.53. The highest BCUT2D eigenvalue weighted by Gasteiger charge is 2.09. The SMILES string of the molecule is Cc1cccc(C)c1OCC(=O)Nc1cc(Br)c[nH]c1=O. The number of amides is 1. The summed E-state index contributed by atoms with van der Waals surface area (Å²) < 4.78 is 6.21. The van der Waals surface area contributed by atoms with Crippen LogP contribution in [-0.4, -0.2) is 17.5 Å². The number of benzene rings is 1. The van der Waals surface area contributed by atoms with Gasteiger partial charge >= 0.3 is 0 Å². The monoisotopic (exact) mass is 350 g/mol. The van der Waals surface area contributed by atoms with E-state index in [9.17, 15) is 9.59 Å². The van der Waals surface area contributed by atoms with Crippen LogP contribution in [0.2, 0.25) is 0 Å². The highest BCUT2D eigenvalue weighted by atomic mass is 79.9. The van der Waals surface area contributed by atoms with Crippen molar-refractivity contribution in [1.82, 2.24) is 4.98 Å². The van der Waals surface area contributed by atoms with E-state index in [1.807, 2.05) is 32.0 Å². The zero-order valence-electron chi connectivity index (χ0n) is 11.7. The zero-order chi connectivity index (χ0) is 15.4. The number of pyridine rings is 1. The van der Waals surface area contributed by atoms with Crippen LogP contribution < -0.4 is 15.6 Å². The molecule has 2 N–H and O–H groups in total. The molecule has 0 atom stereocenters. The Kier molecular flexibility index (Phi) is 4.80. The molecule has 1 amide bonds. The third kappa shape index (κ3) is 3.95. The van der Waals surface area contributed by atoms with Gasteiger partial charge < -0.3 is 15.0 Å². The molecule has 110 valence electrons. The molecule has 2 aromatic rings. The Balaban J connectivity index is 2.03. The predicted molar refractivity (Wildman–Crippen MR) is 84.8 cm³/mol. The van der Waals surface area contributed by atoms with Crippen LogP contribution >= 0.6 is 15.9 Å². The van der Waals surface area contributed by atoms with Crippen LogP contribution in [0.1, 0.15) is 11.1 Å². The maximum absolute atomic E-state index is 11.9. The number of aromatic nitrogens is 1. The van der Waals surface area contributed by atoms with Gasteiger partial charge in [-0.25, -0.2) is 0 Å². The summed E-state index contributed by atoms with van der Waals surface area (Å²) in [6, 6.07) is 7.30. The van der Waals surface area contributed by atoms with Gasteiger partial charge in [0, 0.05) is 10.7 Å². The summed E-state index contributed by atoms with van der Waals surface area (Å²) in [5.74, 6) is 0.303. The van der Waals surface area contributed by atoms with Crippen molar-refractivity contribution < 1.29 is 9.53 Å². The van der Waals surface area contributed by atoms with E-state index in [4.69, 9.17) is 4.74 Å². The molecule has 1 aromatic carbocycles. The van der Waals surface area contributed by atoms with Crippen LogP contribution in [0.5, 0.6) is 5.75 Å². The Labute approximate surface area is 130 Å². The molecule has 0 aliphatic carbocycles. The number of hydrogen-bond acceptors (Lipinski definition) is 3. The normalized spacial score (nSPS) is 10.2. The molecule has 0 radical (unpaired) electrons. The lowest BCUT2D eigenvalue weighted by Gasteiger charge is -2.11. The Morgan fingerprint density at radius 1 is 1.33 bits per heavy atom. The first-order valence-corrected chi connectivity index (χ1v) is 7.14. The molecule has 0 saturated heterocycles. The van der Waals surface area contributed by atoms with Gasteiger partial charge in [0.2, 0.25) is 0 Å².